The van der Waals surface area contributed by atoms with E-state index in [4.69, 9.17) is 10.2 Å². The molecule has 6 heteroatoms. The number of rotatable bonds is 4. The average molecular weight is 448 g/mol. The van der Waals surface area contributed by atoms with Gasteiger partial charge in [-0.2, -0.15) is 5.10 Å². The quantitative estimate of drug-likeness (QED) is 0.396. The van der Waals surface area contributed by atoms with E-state index in [2.05, 4.69) is 70.4 Å². The molecule has 0 spiro atoms. The van der Waals surface area contributed by atoms with Crippen molar-refractivity contribution in [2.24, 2.45) is 0 Å². The highest BCUT2D eigenvalue weighted by Gasteiger charge is 2.33. The Balaban J connectivity index is 1.51. The van der Waals surface area contributed by atoms with Crippen LogP contribution in [0.15, 0.2) is 85.1 Å². The number of nitrogens with zero attached hydrogens (tertiary/aromatic N) is 4. The number of hydrogen-bond acceptors (Lipinski definition) is 5. The van der Waals surface area contributed by atoms with E-state index in [-0.39, 0.29) is 12.1 Å². The molecule has 1 N–H and O–H groups in total. The van der Waals surface area contributed by atoms with Gasteiger partial charge in [-0.3, -0.25) is 9.36 Å². The van der Waals surface area contributed by atoms with Crippen molar-refractivity contribution in [3.8, 4) is 5.82 Å². The number of carbonyl (C=O) groups excluding carboxylic acids is 1. The molecule has 2 aromatic heterocycles. The third kappa shape index (κ3) is 3.35. The lowest BCUT2D eigenvalue weighted by Gasteiger charge is -2.42. The first-order valence-corrected chi connectivity index (χ1v) is 11.6. The Labute approximate surface area is 197 Å². The molecular formula is C28H25N5O. The Morgan fingerprint density at radius 3 is 2.50 bits per heavy atom. The van der Waals surface area contributed by atoms with Crippen molar-refractivity contribution in [1.29, 1.82) is 0 Å². The molecule has 0 amide bonds. The van der Waals surface area contributed by atoms with Gasteiger partial charge in [-0.1, -0.05) is 42.5 Å². The first kappa shape index (κ1) is 20.6. The normalized spacial score (nSPS) is 18.4. The average Bonchev–Trinajstić information content (AvgIpc) is 3.32. The van der Waals surface area contributed by atoms with Crippen molar-refractivity contribution >= 4 is 33.6 Å². The summed E-state index contributed by atoms with van der Waals surface area (Å²) in [7, 11) is 0. The van der Waals surface area contributed by atoms with Crippen LogP contribution >= 0.6 is 0 Å². The third-order valence-corrected chi connectivity index (χ3v) is 6.79. The van der Waals surface area contributed by atoms with Gasteiger partial charge < -0.3 is 10.2 Å². The van der Waals surface area contributed by atoms with E-state index in [1.807, 2.05) is 36.4 Å². The van der Waals surface area contributed by atoms with Crippen molar-refractivity contribution < 1.29 is 4.79 Å². The van der Waals surface area contributed by atoms with Crippen LogP contribution in [0.5, 0.6) is 0 Å². The predicted molar refractivity (Wildman–Crippen MR) is 136 cm³/mol. The molecule has 2 atom stereocenters. The summed E-state index contributed by atoms with van der Waals surface area (Å²) in [6.07, 6.45) is 2.94. The van der Waals surface area contributed by atoms with E-state index in [1.54, 1.807) is 0 Å². The predicted octanol–water partition coefficient (Wildman–Crippen LogP) is 4.93. The number of hydrogen-bond donors (Lipinski definition) is 1. The largest absolute Gasteiger partial charge is 0.360 e. The Kier molecular flexibility index (Phi) is 5.08. The summed E-state index contributed by atoms with van der Waals surface area (Å²) >= 11 is 0. The van der Waals surface area contributed by atoms with E-state index in [9.17, 15) is 4.79 Å². The van der Waals surface area contributed by atoms with Crippen LogP contribution in [0.2, 0.25) is 0 Å². The van der Waals surface area contributed by atoms with Crippen molar-refractivity contribution in [1.82, 2.24) is 20.1 Å². The molecule has 3 aromatic carbocycles. The van der Waals surface area contributed by atoms with Gasteiger partial charge in [0.1, 0.15) is 6.29 Å². The fraction of sp³-hybridized carbons (Fsp3) is 0.179. The molecule has 2 unspecified atom stereocenters. The minimum Gasteiger partial charge on any atom is -0.360 e. The first-order valence-electron chi connectivity index (χ1n) is 11.6. The van der Waals surface area contributed by atoms with Gasteiger partial charge in [0, 0.05) is 47.4 Å². The fourth-order valence-corrected chi connectivity index (χ4v) is 5.13. The van der Waals surface area contributed by atoms with Gasteiger partial charge in [0.2, 0.25) is 0 Å². The molecule has 3 heterocycles. The summed E-state index contributed by atoms with van der Waals surface area (Å²) in [6, 6.07) is 26.8. The van der Waals surface area contributed by atoms with Crippen LogP contribution in [0.25, 0.3) is 27.5 Å². The standard InChI is InChI=1S/C28H25N5O/c1-19-27(32(17-15-29-19)22-12-10-20(18-34)11-13-22)26-23-7-3-4-8-24(23)28(31-30-26)33-16-14-21-6-2-5-9-25(21)33/h2-14,16,18-19,27,29H,15,17H2,1H3. The van der Waals surface area contributed by atoms with E-state index in [0.29, 0.717) is 5.56 Å². The van der Waals surface area contributed by atoms with Gasteiger partial charge in [-0.25, -0.2) is 0 Å². The van der Waals surface area contributed by atoms with Crippen LogP contribution in [0, 0.1) is 0 Å². The Morgan fingerprint density at radius 1 is 0.912 bits per heavy atom. The van der Waals surface area contributed by atoms with E-state index in [1.165, 1.54) is 5.39 Å². The second-order valence-electron chi connectivity index (χ2n) is 8.79. The molecule has 5 aromatic rings. The Hall–Kier alpha value is -4.03. The third-order valence-electron chi connectivity index (χ3n) is 6.79. The van der Waals surface area contributed by atoms with Crippen molar-refractivity contribution in [3.05, 3.63) is 96.3 Å². The van der Waals surface area contributed by atoms with Crippen LogP contribution in [-0.4, -0.2) is 40.2 Å². The lowest BCUT2D eigenvalue weighted by molar-refractivity contribution is 0.112. The molecule has 6 rings (SSSR count). The molecule has 1 aliphatic heterocycles. The van der Waals surface area contributed by atoms with Gasteiger partial charge in [0.05, 0.1) is 17.3 Å². The van der Waals surface area contributed by atoms with Crippen LogP contribution in [0.1, 0.15) is 29.0 Å². The first-order chi connectivity index (χ1) is 16.7. The van der Waals surface area contributed by atoms with Gasteiger partial charge >= 0.3 is 0 Å². The van der Waals surface area contributed by atoms with Crippen LogP contribution in [-0.2, 0) is 0 Å². The summed E-state index contributed by atoms with van der Waals surface area (Å²) in [5.41, 5.74) is 3.82. The maximum Gasteiger partial charge on any atom is 0.167 e. The number of carbonyl (C=O) groups is 1. The second-order valence-corrected chi connectivity index (χ2v) is 8.79. The number of para-hydroxylation sites is 1. The number of anilines is 1. The molecule has 0 radical (unpaired) electrons. The van der Waals surface area contributed by atoms with Crippen LogP contribution in [0.4, 0.5) is 5.69 Å². The van der Waals surface area contributed by atoms with Crippen LogP contribution in [0.3, 0.4) is 0 Å². The summed E-state index contributed by atoms with van der Waals surface area (Å²) in [5.74, 6) is 0.832. The van der Waals surface area contributed by atoms with Gasteiger partial charge in [-0.05, 0) is 48.7 Å². The Morgan fingerprint density at radius 2 is 1.68 bits per heavy atom. The SMILES string of the molecule is CC1NCCN(c2ccc(C=O)cc2)C1c1nnc(-n2ccc3ccccc32)c2ccccc12. The highest BCUT2D eigenvalue weighted by atomic mass is 16.1. The van der Waals surface area contributed by atoms with Gasteiger partial charge in [0.25, 0.3) is 0 Å². The molecule has 168 valence electrons. The molecule has 34 heavy (non-hydrogen) atoms. The maximum absolute atomic E-state index is 11.1. The fourth-order valence-electron chi connectivity index (χ4n) is 5.13. The lowest BCUT2D eigenvalue weighted by atomic mass is 9.96. The minimum absolute atomic E-state index is 0.00341. The van der Waals surface area contributed by atoms with Crippen molar-refractivity contribution in [3.63, 3.8) is 0 Å². The number of piperazine rings is 1. The van der Waals surface area contributed by atoms with Crippen molar-refractivity contribution in [2.75, 3.05) is 18.0 Å². The molecule has 0 saturated carbocycles. The summed E-state index contributed by atoms with van der Waals surface area (Å²) in [4.78, 5) is 13.5. The number of fused-ring (bicyclic) bond motifs is 2. The highest BCUT2D eigenvalue weighted by molar-refractivity contribution is 5.93. The monoisotopic (exact) mass is 447 g/mol. The molecule has 0 aliphatic carbocycles. The molecule has 1 aliphatic rings. The number of aromatic nitrogens is 3. The molecule has 0 bridgehead atoms. The smallest absolute Gasteiger partial charge is 0.167 e. The van der Waals surface area contributed by atoms with Gasteiger partial charge in [-0.15, -0.1) is 5.10 Å². The number of nitrogens with one attached hydrogen (secondary N) is 1. The van der Waals surface area contributed by atoms with Crippen molar-refractivity contribution in [2.45, 2.75) is 19.0 Å². The second kappa shape index (κ2) is 8.39. The topological polar surface area (TPSA) is 63.1 Å². The number of benzene rings is 3. The lowest BCUT2D eigenvalue weighted by Crippen LogP contribution is -2.52. The molecule has 1 saturated heterocycles. The molecule has 1 fully saturated rings. The zero-order valence-electron chi connectivity index (χ0n) is 18.9. The summed E-state index contributed by atoms with van der Waals surface area (Å²) in [5, 5.41) is 16.6. The Bertz CT molecular complexity index is 1490. The minimum atomic E-state index is 0.00341. The van der Waals surface area contributed by atoms with Crippen LogP contribution < -0.4 is 10.2 Å². The number of aldehydes is 1. The zero-order chi connectivity index (χ0) is 23.1. The highest BCUT2D eigenvalue weighted by Crippen LogP contribution is 2.36. The maximum atomic E-state index is 11.1. The molecule has 6 nitrogen and oxygen atoms in total. The zero-order valence-corrected chi connectivity index (χ0v) is 18.9. The van der Waals surface area contributed by atoms with E-state index in [0.717, 1.165) is 52.9 Å². The molecular weight excluding hydrogens is 422 g/mol. The van der Waals surface area contributed by atoms with Gasteiger partial charge in [0.15, 0.2) is 5.82 Å². The summed E-state index contributed by atoms with van der Waals surface area (Å²) in [6.45, 7) is 3.92. The van der Waals surface area contributed by atoms with E-state index >= 15 is 0 Å². The van der Waals surface area contributed by atoms with E-state index < -0.39 is 0 Å². The summed E-state index contributed by atoms with van der Waals surface area (Å²) < 4.78 is 2.12.